The molecule has 0 amide bonds. The van der Waals surface area contributed by atoms with Crippen LogP contribution in [0.4, 0.5) is 0 Å². The monoisotopic (exact) mass is 862 g/mol. The second-order valence-corrected chi connectivity index (χ2v) is 18.9. The van der Waals surface area contributed by atoms with Crippen molar-refractivity contribution in [1.82, 2.24) is 19.5 Å². The molecule has 0 aliphatic heterocycles. The molecule has 14 rings (SSSR count). The number of rotatable bonds is 5. The van der Waals surface area contributed by atoms with Crippen LogP contribution < -0.4 is 0 Å². The van der Waals surface area contributed by atoms with Gasteiger partial charge in [-0.3, -0.25) is 0 Å². The van der Waals surface area contributed by atoms with Crippen LogP contribution in [0.25, 0.3) is 135 Å². The topological polar surface area (TPSA) is 43.6 Å². The van der Waals surface area contributed by atoms with Crippen molar-refractivity contribution >= 4 is 106 Å². The zero-order chi connectivity index (χ0) is 42.6. The Morgan fingerprint density at radius 3 is 1.78 bits per heavy atom. The summed E-state index contributed by atoms with van der Waals surface area (Å²) in [6.07, 6.45) is 0. The Balaban J connectivity index is 1.08. The maximum absolute atomic E-state index is 5.44. The number of hydrogen-bond donors (Lipinski definition) is 0. The number of aromatic nitrogens is 4. The summed E-state index contributed by atoms with van der Waals surface area (Å²) >= 11 is 3.67. The fraction of sp³-hybridized carbons (Fsp3) is 0. The fourth-order valence-corrected chi connectivity index (χ4v) is 12.4. The molecule has 0 bridgehead atoms. The van der Waals surface area contributed by atoms with E-state index in [0.717, 1.165) is 39.0 Å². The predicted molar refractivity (Wildman–Crippen MR) is 277 cm³/mol. The molecule has 0 aliphatic carbocycles. The Bertz CT molecular complexity index is 4250. The van der Waals surface area contributed by atoms with Crippen LogP contribution in [0.2, 0.25) is 0 Å². The SMILES string of the molecule is c1ccc(-c2nc(-c3ccc4c(c3)sc3ccccc34)nc(-c3ccc(-n4c5ccccc5c5cc6ccccc6cc54)cc3-c3cc4ccccc4c4sc5ccccc5c34)n2)cc1. The van der Waals surface area contributed by atoms with Crippen molar-refractivity contribution in [1.29, 1.82) is 0 Å². The van der Waals surface area contributed by atoms with E-state index in [1.165, 1.54) is 78.2 Å². The summed E-state index contributed by atoms with van der Waals surface area (Å²) in [7, 11) is 0. The van der Waals surface area contributed by atoms with Gasteiger partial charge < -0.3 is 4.57 Å². The van der Waals surface area contributed by atoms with Crippen LogP contribution in [0.15, 0.2) is 206 Å². The standard InChI is InChI=1S/C59H34N4S2/c1-2-14-35(15-3-1)57-60-58(39-26-28-44-43-21-9-12-24-52(43)64-54(44)33-39)62-59(61-57)45-29-27-40(63-50-23-11-8-20-42(50)48-30-36-16-4-5-17-37(36)32-51(48)63)34-47(45)49-31-38-18-6-7-19-41(38)56-55(49)46-22-10-13-25-53(46)65-56/h1-34H. The zero-order valence-electron chi connectivity index (χ0n) is 34.7. The number of fused-ring (bicyclic) bond motifs is 12. The first-order chi connectivity index (χ1) is 32.2. The highest BCUT2D eigenvalue weighted by molar-refractivity contribution is 7.27. The van der Waals surface area contributed by atoms with Gasteiger partial charge in [0.25, 0.3) is 0 Å². The number of thiophene rings is 2. The van der Waals surface area contributed by atoms with E-state index in [4.69, 9.17) is 15.0 Å². The molecule has 4 aromatic heterocycles. The van der Waals surface area contributed by atoms with Gasteiger partial charge in [-0.25, -0.2) is 15.0 Å². The molecule has 0 aliphatic rings. The predicted octanol–water partition coefficient (Wildman–Crippen LogP) is 16.7. The van der Waals surface area contributed by atoms with Crippen molar-refractivity contribution in [2.75, 3.05) is 0 Å². The van der Waals surface area contributed by atoms with Crippen LogP contribution in [-0.4, -0.2) is 19.5 Å². The van der Waals surface area contributed by atoms with Crippen LogP contribution in [0.1, 0.15) is 0 Å². The van der Waals surface area contributed by atoms with Gasteiger partial charge >= 0.3 is 0 Å². The van der Waals surface area contributed by atoms with Gasteiger partial charge in [0.05, 0.1) is 11.0 Å². The first kappa shape index (κ1) is 36.5. The molecule has 65 heavy (non-hydrogen) atoms. The molecular formula is C59H34N4S2. The molecule has 10 aromatic carbocycles. The van der Waals surface area contributed by atoms with E-state index in [2.05, 4.69) is 193 Å². The summed E-state index contributed by atoms with van der Waals surface area (Å²) in [4.78, 5) is 16.0. The van der Waals surface area contributed by atoms with E-state index >= 15 is 0 Å². The lowest BCUT2D eigenvalue weighted by molar-refractivity contribution is 1.07. The Hall–Kier alpha value is -8.03. The molecule has 0 saturated carbocycles. The molecule has 0 N–H and O–H groups in total. The average Bonchev–Trinajstić information content (AvgIpc) is 4.05. The van der Waals surface area contributed by atoms with Gasteiger partial charge in [0.15, 0.2) is 17.5 Å². The molecule has 0 saturated heterocycles. The van der Waals surface area contributed by atoms with Crippen molar-refractivity contribution in [3.8, 4) is 51.0 Å². The zero-order valence-corrected chi connectivity index (χ0v) is 36.4. The lowest BCUT2D eigenvalue weighted by Crippen LogP contribution is -2.02. The molecule has 0 atom stereocenters. The van der Waals surface area contributed by atoms with Crippen molar-refractivity contribution in [3.63, 3.8) is 0 Å². The van der Waals surface area contributed by atoms with Crippen LogP contribution in [0.3, 0.4) is 0 Å². The van der Waals surface area contributed by atoms with Gasteiger partial charge in [-0.15, -0.1) is 22.7 Å². The van der Waals surface area contributed by atoms with E-state index < -0.39 is 0 Å². The molecule has 6 heteroatoms. The molecule has 0 unspecified atom stereocenters. The van der Waals surface area contributed by atoms with Gasteiger partial charge in [-0.05, 0) is 93.3 Å². The lowest BCUT2D eigenvalue weighted by atomic mass is 9.91. The lowest BCUT2D eigenvalue weighted by Gasteiger charge is -2.17. The maximum Gasteiger partial charge on any atom is 0.164 e. The Morgan fingerprint density at radius 2 is 0.954 bits per heavy atom. The average molecular weight is 863 g/mol. The second-order valence-electron chi connectivity index (χ2n) is 16.7. The van der Waals surface area contributed by atoms with Crippen molar-refractivity contribution in [3.05, 3.63) is 206 Å². The summed E-state index contributed by atoms with van der Waals surface area (Å²) in [6.45, 7) is 0. The smallest absolute Gasteiger partial charge is 0.164 e. The number of benzene rings is 10. The van der Waals surface area contributed by atoms with E-state index in [0.29, 0.717) is 17.5 Å². The highest BCUT2D eigenvalue weighted by Crippen LogP contribution is 2.47. The van der Waals surface area contributed by atoms with Gasteiger partial charge in [0, 0.05) is 73.5 Å². The molecule has 4 heterocycles. The second kappa shape index (κ2) is 14.2. The third-order valence-corrected chi connectivity index (χ3v) is 15.3. The Morgan fingerprint density at radius 1 is 0.323 bits per heavy atom. The van der Waals surface area contributed by atoms with Gasteiger partial charge in [-0.2, -0.15) is 0 Å². The van der Waals surface area contributed by atoms with E-state index in [1.807, 2.05) is 29.5 Å². The third-order valence-electron chi connectivity index (χ3n) is 13.0. The minimum Gasteiger partial charge on any atom is -0.309 e. The maximum atomic E-state index is 5.44. The molecule has 4 nitrogen and oxygen atoms in total. The first-order valence-electron chi connectivity index (χ1n) is 21.8. The summed E-state index contributed by atoms with van der Waals surface area (Å²) in [5.74, 6) is 1.90. The Labute approximate surface area is 381 Å². The van der Waals surface area contributed by atoms with Crippen LogP contribution in [-0.2, 0) is 0 Å². The van der Waals surface area contributed by atoms with E-state index in [-0.39, 0.29) is 0 Å². The third kappa shape index (κ3) is 5.71. The van der Waals surface area contributed by atoms with Crippen molar-refractivity contribution in [2.45, 2.75) is 0 Å². The minimum atomic E-state index is 0.626. The first-order valence-corrected chi connectivity index (χ1v) is 23.5. The van der Waals surface area contributed by atoms with Gasteiger partial charge in [-0.1, -0.05) is 146 Å². The number of nitrogens with zero attached hydrogens (tertiary/aromatic N) is 4. The summed E-state index contributed by atoms with van der Waals surface area (Å²) < 4.78 is 7.45. The summed E-state index contributed by atoms with van der Waals surface area (Å²) in [5, 5.41) is 12.3. The Kier molecular flexibility index (Phi) is 7.99. The molecule has 14 aromatic rings. The highest BCUT2D eigenvalue weighted by atomic mass is 32.1. The van der Waals surface area contributed by atoms with Crippen LogP contribution >= 0.6 is 22.7 Å². The quantitative estimate of drug-likeness (QED) is 0.173. The largest absolute Gasteiger partial charge is 0.309 e. The molecular weight excluding hydrogens is 829 g/mol. The minimum absolute atomic E-state index is 0.626. The van der Waals surface area contributed by atoms with Crippen molar-refractivity contribution in [2.24, 2.45) is 0 Å². The normalized spacial score (nSPS) is 12.0. The van der Waals surface area contributed by atoms with Crippen LogP contribution in [0.5, 0.6) is 0 Å². The number of hydrogen-bond acceptors (Lipinski definition) is 5. The van der Waals surface area contributed by atoms with Gasteiger partial charge in [0.2, 0.25) is 0 Å². The molecule has 0 spiro atoms. The van der Waals surface area contributed by atoms with E-state index in [1.54, 1.807) is 11.3 Å². The molecule has 0 radical (unpaired) electrons. The molecule has 302 valence electrons. The highest BCUT2D eigenvalue weighted by Gasteiger charge is 2.23. The number of para-hydroxylation sites is 1. The molecule has 0 fully saturated rings. The fourth-order valence-electron chi connectivity index (χ4n) is 10.0. The van der Waals surface area contributed by atoms with Gasteiger partial charge in [0.1, 0.15) is 0 Å². The van der Waals surface area contributed by atoms with Crippen LogP contribution in [0, 0.1) is 0 Å². The van der Waals surface area contributed by atoms with Crippen molar-refractivity contribution < 1.29 is 0 Å². The summed E-state index contributed by atoms with van der Waals surface area (Å²) in [6, 6.07) is 74.5. The summed E-state index contributed by atoms with van der Waals surface area (Å²) in [5.41, 5.74) is 8.43. The van der Waals surface area contributed by atoms with E-state index in [9.17, 15) is 0 Å².